The van der Waals surface area contributed by atoms with E-state index in [0.717, 1.165) is 0 Å². The lowest BCUT2D eigenvalue weighted by molar-refractivity contribution is -0.344. The van der Waals surface area contributed by atoms with Crippen molar-refractivity contribution in [2.45, 2.75) is 30.8 Å². The Morgan fingerprint density at radius 3 is 2.05 bits per heavy atom. The summed E-state index contributed by atoms with van der Waals surface area (Å²) in [5.41, 5.74) is 0. The van der Waals surface area contributed by atoms with E-state index in [9.17, 15) is 39.9 Å². The maximum Gasteiger partial charge on any atom is 0.470 e. The van der Waals surface area contributed by atoms with Crippen LogP contribution < -0.4 is 5.32 Å². The molecule has 0 aromatic heterocycles. The first-order chi connectivity index (χ1) is 8.33. The van der Waals surface area contributed by atoms with E-state index >= 15 is 0 Å². The van der Waals surface area contributed by atoms with Crippen LogP contribution in [0.3, 0.4) is 0 Å². The van der Waals surface area contributed by atoms with Gasteiger partial charge in [0.25, 0.3) is 0 Å². The first kappa shape index (κ1) is 17.4. The molecule has 112 valence electrons. The minimum absolute atomic E-state index is 0.485. The Morgan fingerprint density at radius 1 is 1.21 bits per heavy atom. The standard InChI is InChI=1S/C8H7F8NO2/c1-2-17-5(18)19-8(15,16)7(13,14)4(9)3-6(10,11)12/h2,4H,1,3H2,(H,17,18). The summed E-state index contributed by atoms with van der Waals surface area (Å²) in [7, 11) is 0. The quantitative estimate of drug-likeness (QED) is 0.791. The number of ether oxygens (including phenoxy) is 1. The van der Waals surface area contributed by atoms with Gasteiger partial charge in [-0.05, 0) is 6.20 Å². The van der Waals surface area contributed by atoms with Crippen LogP contribution in [0.1, 0.15) is 6.42 Å². The van der Waals surface area contributed by atoms with E-state index in [0.29, 0.717) is 6.20 Å². The van der Waals surface area contributed by atoms with Gasteiger partial charge in [-0.15, -0.1) is 0 Å². The van der Waals surface area contributed by atoms with Crippen LogP contribution >= 0.6 is 0 Å². The Labute approximate surface area is 101 Å². The number of hydrogen-bond donors (Lipinski definition) is 1. The normalized spacial score (nSPS) is 14.7. The largest absolute Gasteiger partial charge is 0.470 e. The maximum absolute atomic E-state index is 12.8. The van der Waals surface area contributed by atoms with Gasteiger partial charge in [0.05, 0.1) is 6.42 Å². The third kappa shape index (κ3) is 4.91. The van der Waals surface area contributed by atoms with Crippen LogP contribution in [0.25, 0.3) is 0 Å². The molecule has 0 saturated carbocycles. The van der Waals surface area contributed by atoms with Gasteiger partial charge in [-0.25, -0.2) is 9.18 Å². The fraction of sp³-hybridized carbons (Fsp3) is 0.625. The van der Waals surface area contributed by atoms with Gasteiger partial charge in [0, 0.05) is 0 Å². The molecule has 0 aliphatic carbocycles. The SMILES string of the molecule is C=CNC(=O)OC(F)(F)C(F)(F)C(F)CC(F)(F)F. The van der Waals surface area contributed by atoms with E-state index in [1.807, 2.05) is 0 Å². The molecule has 19 heavy (non-hydrogen) atoms. The molecule has 0 saturated heterocycles. The molecule has 11 heteroatoms. The summed E-state index contributed by atoms with van der Waals surface area (Å²) >= 11 is 0. The minimum Gasteiger partial charge on any atom is -0.379 e. The second kappa shape index (κ2) is 5.61. The van der Waals surface area contributed by atoms with Crippen LogP contribution in [-0.4, -0.2) is 30.5 Å². The molecule has 0 spiro atoms. The van der Waals surface area contributed by atoms with Gasteiger partial charge in [0.2, 0.25) is 0 Å². The van der Waals surface area contributed by atoms with Crippen LogP contribution in [0, 0.1) is 0 Å². The molecule has 0 heterocycles. The smallest absolute Gasteiger partial charge is 0.379 e. The third-order valence-corrected chi connectivity index (χ3v) is 1.63. The summed E-state index contributed by atoms with van der Waals surface area (Å²) in [6.45, 7) is 2.81. The van der Waals surface area contributed by atoms with Crippen molar-refractivity contribution >= 4 is 6.09 Å². The van der Waals surface area contributed by atoms with E-state index in [2.05, 4.69) is 11.3 Å². The highest BCUT2D eigenvalue weighted by Gasteiger charge is 2.67. The fourth-order valence-electron chi connectivity index (χ4n) is 0.811. The van der Waals surface area contributed by atoms with Crippen molar-refractivity contribution < 1.29 is 44.7 Å². The van der Waals surface area contributed by atoms with E-state index in [-0.39, 0.29) is 0 Å². The van der Waals surface area contributed by atoms with Crippen molar-refractivity contribution in [2.75, 3.05) is 0 Å². The van der Waals surface area contributed by atoms with Crippen molar-refractivity contribution in [3.63, 3.8) is 0 Å². The van der Waals surface area contributed by atoms with Crippen LogP contribution in [-0.2, 0) is 4.74 Å². The predicted octanol–water partition coefficient (Wildman–Crippen LogP) is 3.37. The average Bonchev–Trinajstić information content (AvgIpc) is 2.13. The molecule has 0 aromatic rings. The van der Waals surface area contributed by atoms with Crippen LogP contribution in [0.4, 0.5) is 39.9 Å². The first-order valence-electron chi connectivity index (χ1n) is 4.40. The molecular formula is C8H7F8NO2. The number of hydrogen-bond acceptors (Lipinski definition) is 2. The van der Waals surface area contributed by atoms with Crippen molar-refractivity contribution in [3.05, 3.63) is 12.8 Å². The third-order valence-electron chi connectivity index (χ3n) is 1.63. The van der Waals surface area contributed by atoms with Crippen molar-refractivity contribution in [1.29, 1.82) is 0 Å². The van der Waals surface area contributed by atoms with Gasteiger partial charge in [-0.2, -0.15) is 30.7 Å². The number of halogens is 8. The Balaban J connectivity index is 4.94. The zero-order valence-corrected chi connectivity index (χ0v) is 8.91. The topological polar surface area (TPSA) is 38.3 Å². The molecular weight excluding hydrogens is 294 g/mol. The number of nitrogens with one attached hydrogen (secondary N) is 1. The molecule has 0 bridgehead atoms. The molecule has 1 atom stereocenters. The molecule has 3 nitrogen and oxygen atoms in total. The molecule has 1 unspecified atom stereocenters. The van der Waals surface area contributed by atoms with Crippen LogP contribution in [0.15, 0.2) is 12.8 Å². The van der Waals surface area contributed by atoms with Crippen LogP contribution in [0.2, 0.25) is 0 Å². The van der Waals surface area contributed by atoms with Gasteiger partial charge in [-0.3, -0.25) is 5.32 Å². The van der Waals surface area contributed by atoms with E-state index in [1.54, 1.807) is 0 Å². The number of alkyl carbamates (subject to hydrolysis) is 1. The molecule has 1 N–H and O–H groups in total. The molecule has 0 fully saturated rings. The number of amides is 1. The first-order valence-corrected chi connectivity index (χ1v) is 4.40. The molecule has 0 radical (unpaired) electrons. The minimum atomic E-state index is -5.85. The highest BCUT2D eigenvalue weighted by Crippen LogP contribution is 2.42. The van der Waals surface area contributed by atoms with Gasteiger partial charge in [0.1, 0.15) is 0 Å². The number of carbonyl (C=O) groups excluding carboxylic acids is 1. The van der Waals surface area contributed by atoms with Gasteiger partial charge in [-0.1, -0.05) is 6.58 Å². The number of carbonyl (C=O) groups is 1. The highest BCUT2D eigenvalue weighted by molar-refractivity contribution is 5.68. The molecule has 0 rings (SSSR count). The second-order valence-corrected chi connectivity index (χ2v) is 3.16. The average molecular weight is 301 g/mol. The Hall–Kier alpha value is -1.55. The molecule has 0 aromatic carbocycles. The van der Waals surface area contributed by atoms with E-state index < -0.39 is 36.9 Å². The fourth-order valence-corrected chi connectivity index (χ4v) is 0.811. The Bertz CT molecular complexity index is 340. The summed E-state index contributed by atoms with van der Waals surface area (Å²) in [5, 5.41) is 1.31. The summed E-state index contributed by atoms with van der Waals surface area (Å²) in [4.78, 5) is 10.5. The van der Waals surface area contributed by atoms with Gasteiger partial charge < -0.3 is 4.74 Å². The number of alkyl halides is 8. The van der Waals surface area contributed by atoms with Crippen molar-refractivity contribution in [3.8, 4) is 0 Å². The van der Waals surface area contributed by atoms with E-state index in [4.69, 9.17) is 0 Å². The monoisotopic (exact) mass is 301 g/mol. The molecule has 0 aliphatic rings. The Morgan fingerprint density at radius 2 is 1.68 bits per heavy atom. The molecule has 0 aliphatic heterocycles. The lowest BCUT2D eigenvalue weighted by Gasteiger charge is -2.28. The maximum atomic E-state index is 12.8. The molecule has 1 amide bonds. The summed E-state index contributed by atoms with van der Waals surface area (Å²) in [6, 6.07) is 0. The summed E-state index contributed by atoms with van der Waals surface area (Å²) in [5.74, 6) is -5.85. The summed E-state index contributed by atoms with van der Waals surface area (Å²) in [6.07, 6.45) is -19.9. The second-order valence-electron chi connectivity index (χ2n) is 3.16. The van der Waals surface area contributed by atoms with E-state index in [1.165, 1.54) is 5.32 Å². The highest BCUT2D eigenvalue weighted by atomic mass is 19.4. The van der Waals surface area contributed by atoms with Gasteiger partial charge in [0.15, 0.2) is 6.17 Å². The summed E-state index contributed by atoms with van der Waals surface area (Å²) < 4.78 is 101. The van der Waals surface area contributed by atoms with Crippen molar-refractivity contribution in [2.24, 2.45) is 0 Å². The van der Waals surface area contributed by atoms with Crippen molar-refractivity contribution in [1.82, 2.24) is 5.32 Å². The lowest BCUT2D eigenvalue weighted by atomic mass is 10.1. The lowest BCUT2D eigenvalue weighted by Crippen LogP contribution is -2.52. The number of rotatable bonds is 5. The van der Waals surface area contributed by atoms with Crippen LogP contribution in [0.5, 0.6) is 0 Å². The van der Waals surface area contributed by atoms with Gasteiger partial charge >= 0.3 is 24.3 Å². The predicted molar refractivity (Wildman–Crippen MR) is 45.3 cm³/mol. The zero-order valence-electron chi connectivity index (χ0n) is 8.91. The zero-order chi connectivity index (χ0) is 15.5. The Kier molecular flexibility index (Phi) is 5.15.